The van der Waals surface area contributed by atoms with Crippen molar-refractivity contribution in [1.82, 2.24) is 19.8 Å². The first-order valence-corrected chi connectivity index (χ1v) is 12.0. The molecule has 4 heterocycles. The van der Waals surface area contributed by atoms with Gasteiger partial charge in [0.05, 0.1) is 23.5 Å². The van der Waals surface area contributed by atoms with Gasteiger partial charge < -0.3 is 10.0 Å². The van der Waals surface area contributed by atoms with E-state index in [0.717, 1.165) is 62.3 Å². The molecule has 1 saturated carbocycles. The molecule has 2 aromatic heterocycles. The first kappa shape index (κ1) is 21.4. The fraction of sp³-hybridized carbons (Fsp3) is 0.625. The molecule has 0 spiro atoms. The van der Waals surface area contributed by atoms with Crippen LogP contribution in [0.2, 0.25) is 0 Å². The Balaban J connectivity index is 1.19. The van der Waals surface area contributed by atoms with Gasteiger partial charge in [0.25, 0.3) is 0 Å². The van der Waals surface area contributed by atoms with E-state index in [9.17, 15) is 14.7 Å². The number of urea groups is 1. The third-order valence-electron chi connectivity index (χ3n) is 7.47. The van der Waals surface area contributed by atoms with Gasteiger partial charge in [0.2, 0.25) is 5.91 Å². The molecule has 0 aromatic carbocycles. The van der Waals surface area contributed by atoms with Crippen LogP contribution < -0.4 is 10.2 Å². The van der Waals surface area contributed by atoms with Gasteiger partial charge in [-0.25, -0.2) is 9.31 Å². The van der Waals surface area contributed by atoms with Crippen LogP contribution in [0.15, 0.2) is 24.5 Å². The molecule has 32 heavy (non-hydrogen) atoms. The van der Waals surface area contributed by atoms with Crippen LogP contribution >= 0.6 is 0 Å². The molecule has 172 valence electrons. The number of likely N-dealkylation sites (tertiary alicyclic amines) is 1. The number of anilines is 1. The summed E-state index contributed by atoms with van der Waals surface area (Å²) in [5.74, 6) is 1.19. The lowest BCUT2D eigenvalue weighted by molar-refractivity contribution is -0.120. The Hall–Kier alpha value is -2.45. The number of aromatic nitrogens is 2. The van der Waals surface area contributed by atoms with Crippen LogP contribution in [0, 0.1) is 11.8 Å². The maximum absolute atomic E-state index is 12.3. The molecule has 0 unspecified atom stereocenters. The first-order chi connectivity index (χ1) is 15.5. The molecule has 3 amide bonds. The summed E-state index contributed by atoms with van der Waals surface area (Å²) in [6.07, 6.45) is 11.6. The van der Waals surface area contributed by atoms with E-state index in [2.05, 4.69) is 27.4 Å². The van der Waals surface area contributed by atoms with E-state index in [0.29, 0.717) is 18.9 Å². The van der Waals surface area contributed by atoms with E-state index in [1.165, 1.54) is 24.9 Å². The molecule has 8 heteroatoms. The van der Waals surface area contributed by atoms with Crippen molar-refractivity contribution in [2.75, 3.05) is 31.1 Å². The minimum absolute atomic E-state index is 0.0718. The summed E-state index contributed by atoms with van der Waals surface area (Å²) >= 11 is 0. The van der Waals surface area contributed by atoms with Crippen molar-refractivity contribution in [1.29, 1.82) is 0 Å². The quantitative estimate of drug-likeness (QED) is 0.747. The number of rotatable bonds is 5. The fourth-order valence-corrected chi connectivity index (χ4v) is 5.54. The zero-order valence-corrected chi connectivity index (χ0v) is 18.6. The summed E-state index contributed by atoms with van der Waals surface area (Å²) in [7, 11) is 0. The Kier molecular flexibility index (Phi) is 6.15. The van der Waals surface area contributed by atoms with Crippen LogP contribution in [0.3, 0.4) is 0 Å². The van der Waals surface area contributed by atoms with E-state index in [-0.39, 0.29) is 18.0 Å². The van der Waals surface area contributed by atoms with Crippen LogP contribution in [-0.2, 0) is 11.2 Å². The summed E-state index contributed by atoms with van der Waals surface area (Å²) in [4.78, 5) is 28.0. The molecular formula is C24H33N5O3. The highest BCUT2D eigenvalue weighted by molar-refractivity contribution is 6.07. The second-order valence-corrected chi connectivity index (χ2v) is 9.77. The number of hydrogen-bond donors (Lipinski definition) is 2. The third-order valence-corrected chi connectivity index (χ3v) is 7.47. The first-order valence-electron chi connectivity index (χ1n) is 12.0. The van der Waals surface area contributed by atoms with E-state index in [1.807, 2.05) is 6.20 Å². The van der Waals surface area contributed by atoms with E-state index < -0.39 is 0 Å². The molecule has 2 aliphatic heterocycles. The number of piperidine rings is 1. The van der Waals surface area contributed by atoms with E-state index >= 15 is 0 Å². The van der Waals surface area contributed by atoms with Crippen molar-refractivity contribution < 1.29 is 14.7 Å². The molecule has 0 bridgehead atoms. The molecular weight excluding hydrogens is 406 g/mol. The van der Waals surface area contributed by atoms with Gasteiger partial charge in [0.15, 0.2) is 0 Å². The topological polar surface area (TPSA) is 90.2 Å². The van der Waals surface area contributed by atoms with Gasteiger partial charge in [-0.3, -0.25) is 15.0 Å². The van der Waals surface area contributed by atoms with E-state index in [4.69, 9.17) is 0 Å². The second kappa shape index (κ2) is 9.19. The summed E-state index contributed by atoms with van der Waals surface area (Å²) in [5, 5.41) is 16.5. The minimum Gasteiger partial charge on any atom is -0.393 e. The maximum Gasteiger partial charge on any atom is 0.328 e. The van der Waals surface area contributed by atoms with Crippen molar-refractivity contribution in [3.05, 3.63) is 30.1 Å². The van der Waals surface area contributed by atoms with Crippen molar-refractivity contribution in [3.63, 3.8) is 0 Å². The number of nitrogens with zero attached hydrogens (tertiary/aromatic N) is 4. The van der Waals surface area contributed by atoms with Crippen molar-refractivity contribution >= 4 is 23.1 Å². The molecule has 2 N–H and O–H groups in total. The number of aliphatic hydroxyl groups is 1. The highest BCUT2D eigenvalue weighted by atomic mass is 16.3. The number of nitrogens with one attached hydrogen (secondary N) is 1. The number of fused-ring (bicyclic) bond motifs is 1. The van der Waals surface area contributed by atoms with Crippen LogP contribution in [0.5, 0.6) is 0 Å². The van der Waals surface area contributed by atoms with E-state index in [1.54, 1.807) is 15.6 Å². The number of carbonyl (C=O) groups excluding carboxylic acids is 2. The van der Waals surface area contributed by atoms with Crippen molar-refractivity contribution in [2.24, 2.45) is 11.8 Å². The van der Waals surface area contributed by atoms with Gasteiger partial charge in [0, 0.05) is 25.7 Å². The Morgan fingerprint density at radius 2 is 1.81 bits per heavy atom. The predicted molar refractivity (Wildman–Crippen MR) is 122 cm³/mol. The Labute approximate surface area is 188 Å². The SMILES string of the molecule is O=C1CCN(c2cnn3ccc(CC4CCN(C[C@H]5CC[C@H](O)CC5)CC4)cc23)C(=O)N1. The van der Waals surface area contributed by atoms with Crippen LogP contribution in [0.1, 0.15) is 50.5 Å². The number of pyridine rings is 1. The Bertz CT molecular complexity index is 973. The molecule has 2 saturated heterocycles. The Morgan fingerprint density at radius 3 is 2.56 bits per heavy atom. The monoisotopic (exact) mass is 439 g/mol. The largest absolute Gasteiger partial charge is 0.393 e. The summed E-state index contributed by atoms with van der Waals surface area (Å²) in [6.45, 7) is 3.89. The average Bonchev–Trinajstić information content (AvgIpc) is 3.20. The lowest BCUT2D eigenvalue weighted by atomic mass is 9.85. The number of aliphatic hydroxyl groups excluding tert-OH is 1. The van der Waals surface area contributed by atoms with Gasteiger partial charge >= 0.3 is 6.03 Å². The second-order valence-electron chi connectivity index (χ2n) is 9.77. The number of hydrogen-bond acceptors (Lipinski definition) is 5. The summed E-state index contributed by atoms with van der Waals surface area (Å²) in [5.41, 5.74) is 2.93. The standard InChI is InChI=1S/C24H33N5O3/c30-20-3-1-18(2-4-20)16-27-9-5-17(6-10-27)13-19-7-12-29-21(14-19)22(15-25-29)28-11-8-23(31)26-24(28)32/h7,12,14-15,17-18,20,30H,1-6,8-11,13,16H2,(H,26,31,32)/t18-,20-. The molecule has 3 aliphatic rings. The van der Waals surface area contributed by atoms with Gasteiger partial charge in [-0.15, -0.1) is 0 Å². The zero-order chi connectivity index (χ0) is 22.1. The molecule has 1 aliphatic carbocycles. The third kappa shape index (κ3) is 4.66. The van der Waals surface area contributed by atoms with Gasteiger partial charge in [-0.2, -0.15) is 5.10 Å². The molecule has 0 atom stereocenters. The van der Waals surface area contributed by atoms with Crippen molar-refractivity contribution in [3.8, 4) is 0 Å². The highest BCUT2D eigenvalue weighted by Crippen LogP contribution is 2.29. The van der Waals surface area contributed by atoms with Crippen LogP contribution in [0.25, 0.3) is 5.52 Å². The summed E-state index contributed by atoms with van der Waals surface area (Å²) in [6, 6.07) is 3.90. The molecule has 0 radical (unpaired) electrons. The lowest BCUT2D eigenvalue weighted by Crippen LogP contribution is -2.49. The number of amides is 3. The smallest absolute Gasteiger partial charge is 0.328 e. The molecule has 3 fully saturated rings. The van der Waals surface area contributed by atoms with Crippen molar-refractivity contribution in [2.45, 2.75) is 57.5 Å². The highest BCUT2D eigenvalue weighted by Gasteiger charge is 2.27. The zero-order valence-electron chi connectivity index (χ0n) is 18.6. The Morgan fingerprint density at radius 1 is 1.03 bits per heavy atom. The normalized spacial score (nSPS) is 26.0. The summed E-state index contributed by atoms with van der Waals surface area (Å²) < 4.78 is 1.80. The lowest BCUT2D eigenvalue weighted by Gasteiger charge is -2.36. The maximum atomic E-state index is 12.3. The fourth-order valence-electron chi connectivity index (χ4n) is 5.54. The molecule has 2 aromatic rings. The average molecular weight is 440 g/mol. The molecule has 5 rings (SSSR count). The molecule has 8 nitrogen and oxygen atoms in total. The van der Waals surface area contributed by atoms with Crippen LogP contribution in [0.4, 0.5) is 10.5 Å². The number of carbonyl (C=O) groups is 2. The van der Waals surface area contributed by atoms with Gasteiger partial charge in [-0.05, 0) is 87.6 Å². The minimum atomic E-state index is -0.374. The van der Waals surface area contributed by atoms with Gasteiger partial charge in [0.1, 0.15) is 0 Å². The number of imide groups is 1. The van der Waals surface area contributed by atoms with Crippen LogP contribution in [-0.4, -0.2) is 63.8 Å². The van der Waals surface area contributed by atoms with Gasteiger partial charge in [-0.1, -0.05) is 0 Å². The predicted octanol–water partition coefficient (Wildman–Crippen LogP) is 2.59.